The Morgan fingerprint density at radius 1 is 1.24 bits per heavy atom. The third-order valence-electron chi connectivity index (χ3n) is 6.32. The maximum atomic E-state index is 13.3. The van der Waals surface area contributed by atoms with E-state index >= 15 is 0 Å². The molecule has 0 aliphatic carbocycles. The van der Waals surface area contributed by atoms with Gasteiger partial charge in [0, 0.05) is 31.9 Å². The van der Waals surface area contributed by atoms with E-state index in [9.17, 15) is 23.9 Å². The van der Waals surface area contributed by atoms with Crippen molar-refractivity contribution in [2.75, 3.05) is 13.1 Å². The van der Waals surface area contributed by atoms with Crippen molar-refractivity contribution in [2.24, 2.45) is 5.92 Å². The van der Waals surface area contributed by atoms with E-state index < -0.39 is 23.0 Å². The van der Waals surface area contributed by atoms with Crippen molar-refractivity contribution in [1.29, 1.82) is 0 Å². The number of hydrogen-bond donors (Lipinski definition) is 2. The van der Waals surface area contributed by atoms with Gasteiger partial charge in [-0.25, -0.2) is 4.39 Å². The Morgan fingerprint density at radius 3 is 2.61 bits per heavy atom. The smallest absolute Gasteiger partial charge is 0.276 e. The minimum absolute atomic E-state index is 0.0205. The zero-order chi connectivity index (χ0) is 23.9. The van der Waals surface area contributed by atoms with Gasteiger partial charge in [0.25, 0.3) is 11.8 Å². The van der Waals surface area contributed by atoms with Crippen molar-refractivity contribution in [2.45, 2.75) is 52.5 Å². The van der Waals surface area contributed by atoms with Gasteiger partial charge in [0.1, 0.15) is 17.5 Å². The normalized spacial score (nSPS) is 20.5. The quantitative estimate of drug-likeness (QED) is 0.719. The fourth-order valence-corrected chi connectivity index (χ4v) is 4.69. The first-order valence-corrected chi connectivity index (χ1v) is 11.2. The molecule has 2 atom stereocenters. The highest BCUT2D eigenvalue weighted by molar-refractivity contribution is 5.99. The molecule has 2 aromatic rings. The molecule has 1 aromatic heterocycles. The van der Waals surface area contributed by atoms with Crippen LogP contribution in [0.15, 0.2) is 35.3 Å². The van der Waals surface area contributed by atoms with Crippen molar-refractivity contribution in [3.63, 3.8) is 0 Å². The number of amides is 2. The Morgan fingerprint density at radius 2 is 1.94 bits per heavy atom. The predicted octanol–water partition coefficient (Wildman–Crippen LogP) is 2.16. The van der Waals surface area contributed by atoms with Gasteiger partial charge in [0.2, 0.25) is 5.43 Å². The molecule has 2 N–H and O–H groups in total. The lowest BCUT2D eigenvalue weighted by molar-refractivity contribution is -0.0366. The fraction of sp³-hybridized carbons (Fsp3) is 0.458. The first-order valence-electron chi connectivity index (χ1n) is 11.2. The van der Waals surface area contributed by atoms with Gasteiger partial charge in [-0.05, 0) is 37.0 Å². The first kappa shape index (κ1) is 23.0. The molecule has 33 heavy (non-hydrogen) atoms. The number of halogens is 1. The van der Waals surface area contributed by atoms with Crippen molar-refractivity contribution in [3.05, 3.63) is 63.3 Å². The lowest BCUT2D eigenvalue weighted by Gasteiger charge is -2.50. The summed E-state index contributed by atoms with van der Waals surface area (Å²) >= 11 is 0. The van der Waals surface area contributed by atoms with E-state index in [1.54, 1.807) is 4.90 Å². The molecular formula is C24H29FN4O4. The monoisotopic (exact) mass is 456 g/mol. The molecule has 3 heterocycles. The SMILES string of the molecule is CC(C)CN1CC[C@H](C)N2C(=O)c3c(O)c(=O)c(C(=O)NCc4ccc(F)cc4)cn3C[C@@H]12. The third kappa shape index (κ3) is 4.37. The number of benzene rings is 1. The topological polar surface area (TPSA) is 94.9 Å². The van der Waals surface area contributed by atoms with Crippen molar-refractivity contribution < 1.29 is 19.1 Å². The fourth-order valence-electron chi connectivity index (χ4n) is 4.69. The van der Waals surface area contributed by atoms with Crippen LogP contribution in [0, 0.1) is 11.7 Å². The van der Waals surface area contributed by atoms with E-state index in [-0.39, 0.29) is 35.8 Å². The van der Waals surface area contributed by atoms with Crippen LogP contribution < -0.4 is 10.7 Å². The second kappa shape index (κ2) is 8.97. The number of aromatic nitrogens is 1. The molecule has 0 unspecified atom stereocenters. The van der Waals surface area contributed by atoms with E-state index in [2.05, 4.69) is 24.1 Å². The predicted molar refractivity (Wildman–Crippen MR) is 120 cm³/mol. The number of rotatable bonds is 5. The largest absolute Gasteiger partial charge is 0.503 e. The summed E-state index contributed by atoms with van der Waals surface area (Å²) in [5.41, 5.74) is -0.532. The van der Waals surface area contributed by atoms with E-state index in [0.29, 0.717) is 18.0 Å². The zero-order valence-electron chi connectivity index (χ0n) is 19.0. The lowest BCUT2D eigenvalue weighted by atomic mass is 10.0. The Labute approximate surface area is 191 Å². The lowest BCUT2D eigenvalue weighted by Crippen LogP contribution is -2.64. The number of nitrogens with one attached hydrogen (secondary N) is 1. The maximum Gasteiger partial charge on any atom is 0.276 e. The number of nitrogens with zero attached hydrogens (tertiary/aromatic N) is 3. The zero-order valence-corrected chi connectivity index (χ0v) is 19.0. The molecule has 8 nitrogen and oxygen atoms in total. The number of carbonyl (C=O) groups excluding carboxylic acids is 2. The van der Waals surface area contributed by atoms with Gasteiger partial charge in [-0.2, -0.15) is 0 Å². The number of fused-ring (bicyclic) bond motifs is 2. The van der Waals surface area contributed by atoms with Crippen LogP contribution in [0.1, 0.15) is 53.6 Å². The van der Waals surface area contributed by atoms with Crippen LogP contribution in [0.4, 0.5) is 4.39 Å². The Hall–Kier alpha value is -3.20. The van der Waals surface area contributed by atoms with E-state index in [1.165, 1.54) is 35.0 Å². The van der Waals surface area contributed by atoms with Crippen LogP contribution in [0.2, 0.25) is 0 Å². The Bertz CT molecular complexity index is 1130. The van der Waals surface area contributed by atoms with E-state index in [1.807, 2.05) is 6.92 Å². The molecule has 1 saturated heterocycles. The Balaban J connectivity index is 1.64. The molecule has 0 saturated carbocycles. The highest BCUT2D eigenvalue weighted by Gasteiger charge is 2.43. The molecule has 1 fully saturated rings. The summed E-state index contributed by atoms with van der Waals surface area (Å²) in [4.78, 5) is 42.9. The van der Waals surface area contributed by atoms with Gasteiger partial charge in [-0.15, -0.1) is 0 Å². The summed E-state index contributed by atoms with van der Waals surface area (Å²) in [5, 5.41) is 13.3. The van der Waals surface area contributed by atoms with Gasteiger partial charge in [-0.3, -0.25) is 19.3 Å². The van der Waals surface area contributed by atoms with Gasteiger partial charge < -0.3 is 19.9 Å². The Kier molecular flexibility index (Phi) is 6.25. The third-order valence-corrected chi connectivity index (χ3v) is 6.32. The second-order valence-electron chi connectivity index (χ2n) is 9.25. The van der Waals surface area contributed by atoms with Crippen LogP contribution in [0.5, 0.6) is 5.75 Å². The summed E-state index contributed by atoms with van der Waals surface area (Å²) in [6, 6.07) is 5.62. The molecule has 0 bridgehead atoms. The summed E-state index contributed by atoms with van der Waals surface area (Å²) in [6.07, 6.45) is 1.96. The van der Waals surface area contributed by atoms with Crippen LogP contribution >= 0.6 is 0 Å². The van der Waals surface area contributed by atoms with Crippen LogP contribution in [0.3, 0.4) is 0 Å². The van der Waals surface area contributed by atoms with Crippen LogP contribution in [0.25, 0.3) is 0 Å². The number of hydrogen-bond acceptors (Lipinski definition) is 5. The molecule has 0 radical (unpaired) electrons. The molecular weight excluding hydrogens is 427 g/mol. The van der Waals surface area contributed by atoms with Gasteiger partial charge >= 0.3 is 0 Å². The van der Waals surface area contributed by atoms with Gasteiger partial charge in [0.05, 0.1) is 6.54 Å². The molecule has 4 rings (SSSR count). The summed E-state index contributed by atoms with van der Waals surface area (Å²) in [5.74, 6) is -1.75. The van der Waals surface area contributed by atoms with Crippen molar-refractivity contribution >= 4 is 11.8 Å². The molecule has 2 aliphatic heterocycles. The van der Waals surface area contributed by atoms with Crippen LogP contribution in [-0.2, 0) is 13.1 Å². The van der Waals surface area contributed by atoms with Gasteiger partial charge in [0.15, 0.2) is 11.4 Å². The molecule has 0 spiro atoms. The highest BCUT2D eigenvalue weighted by atomic mass is 19.1. The highest BCUT2D eigenvalue weighted by Crippen LogP contribution is 2.31. The number of carbonyl (C=O) groups is 2. The molecule has 1 aromatic carbocycles. The maximum absolute atomic E-state index is 13.3. The average molecular weight is 457 g/mol. The van der Waals surface area contributed by atoms with Gasteiger partial charge in [-0.1, -0.05) is 26.0 Å². The van der Waals surface area contributed by atoms with E-state index in [0.717, 1.165) is 19.5 Å². The van der Waals surface area contributed by atoms with Crippen molar-refractivity contribution in [3.8, 4) is 5.75 Å². The summed E-state index contributed by atoms with van der Waals surface area (Å²) in [6.45, 7) is 8.31. The minimum atomic E-state index is -0.881. The molecule has 9 heteroatoms. The van der Waals surface area contributed by atoms with E-state index in [4.69, 9.17) is 0 Å². The minimum Gasteiger partial charge on any atom is -0.503 e. The standard InChI is InChI=1S/C24H29FN4O4/c1-14(2)11-27-9-8-15(3)29-19(27)13-28-12-18(21(30)22(31)20(28)24(29)33)23(32)26-10-16-4-6-17(25)7-5-16/h4-7,12,14-15,19,31H,8-11,13H2,1-3H3,(H,26,32)/t15-,19-/m0/s1. The summed E-state index contributed by atoms with van der Waals surface area (Å²) in [7, 11) is 0. The van der Waals surface area contributed by atoms with Crippen molar-refractivity contribution in [1.82, 2.24) is 19.7 Å². The number of pyridine rings is 1. The second-order valence-corrected chi connectivity index (χ2v) is 9.25. The average Bonchev–Trinajstić information content (AvgIpc) is 2.77. The molecule has 2 aliphatic rings. The first-order chi connectivity index (χ1) is 15.7. The molecule has 176 valence electrons. The summed E-state index contributed by atoms with van der Waals surface area (Å²) < 4.78 is 14.6. The number of aromatic hydroxyl groups is 1. The van der Waals surface area contributed by atoms with Crippen LogP contribution in [-0.4, -0.2) is 56.6 Å². The molecule has 2 amide bonds.